The number of benzene rings is 3. The highest BCUT2D eigenvalue weighted by Gasteiger charge is 2.15. The summed E-state index contributed by atoms with van der Waals surface area (Å²) in [6, 6.07) is 19.2. The van der Waals surface area contributed by atoms with Crippen LogP contribution in [-0.2, 0) is 9.53 Å². The van der Waals surface area contributed by atoms with Gasteiger partial charge in [-0.15, -0.1) is 0 Å². The van der Waals surface area contributed by atoms with E-state index in [0.29, 0.717) is 22.8 Å². The van der Waals surface area contributed by atoms with Crippen molar-refractivity contribution in [1.82, 2.24) is 0 Å². The quantitative estimate of drug-likeness (QED) is 0.235. The Balaban J connectivity index is 1.75. The van der Waals surface area contributed by atoms with E-state index in [1.807, 2.05) is 0 Å². The Hall–Kier alpha value is -4.33. The van der Waals surface area contributed by atoms with E-state index in [2.05, 4.69) is 0 Å². The van der Waals surface area contributed by atoms with Gasteiger partial charge in [-0.2, -0.15) is 0 Å². The van der Waals surface area contributed by atoms with Gasteiger partial charge < -0.3 is 19.3 Å². The van der Waals surface area contributed by atoms with E-state index in [1.54, 1.807) is 60.7 Å². The predicted octanol–water partition coefficient (Wildman–Crippen LogP) is 5.25. The average molecular weight is 407 g/mol. The maximum absolute atomic E-state index is 11.4. The minimum absolute atomic E-state index is 0.00356. The number of methoxy groups -OCH3 is 1. The monoisotopic (exact) mass is 407 g/mol. The van der Waals surface area contributed by atoms with Gasteiger partial charge in [0.1, 0.15) is 22.8 Å². The molecule has 8 nitrogen and oxygen atoms in total. The second-order valence-corrected chi connectivity index (χ2v) is 6.00. The largest absolute Gasteiger partial charge is 0.503 e. The molecular weight excluding hydrogens is 390 g/mol. The fourth-order valence-corrected chi connectivity index (χ4v) is 2.62. The van der Waals surface area contributed by atoms with Gasteiger partial charge in [0.05, 0.1) is 18.3 Å². The smallest absolute Gasteiger partial charge is 0.339 e. The summed E-state index contributed by atoms with van der Waals surface area (Å²) in [5.74, 6) is 0.333. The van der Waals surface area contributed by atoms with E-state index in [9.17, 15) is 20.0 Å². The number of ether oxygens (including phenoxy) is 3. The van der Waals surface area contributed by atoms with Gasteiger partial charge >= 0.3 is 11.7 Å². The maximum atomic E-state index is 11.4. The molecule has 0 amide bonds. The third-order valence-electron chi connectivity index (χ3n) is 3.96. The van der Waals surface area contributed by atoms with Crippen LogP contribution >= 0.6 is 0 Å². The zero-order valence-corrected chi connectivity index (χ0v) is 15.8. The molecule has 0 atom stereocenters. The van der Waals surface area contributed by atoms with Crippen molar-refractivity contribution in [3.63, 3.8) is 0 Å². The molecule has 0 heterocycles. The summed E-state index contributed by atoms with van der Waals surface area (Å²) in [4.78, 5) is 21.9. The number of carboxylic acid groups (broad SMARTS) is 1. The highest BCUT2D eigenvalue weighted by atomic mass is 16.6. The van der Waals surface area contributed by atoms with Gasteiger partial charge in [0, 0.05) is 6.07 Å². The van der Waals surface area contributed by atoms with Crippen LogP contribution in [0.1, 0.15) is 5.56 Å². The first-order valence-corrected chi connectivity index (χ1v) is 8.74. The normalized spacial score (nSPS) is 10.9. The van der Waals surface area contributed by atoms with E-state index >= 15 is 0 Å². The lowest BCUT2D eigenvalue weighted by Crippen LogP contribution is -2.00. The molecule has 0 unspecified atom stereocenters. The van der Waals surface area contributed by atoms with Crippen LogP contribution in [0, 0.1) is 10.1 Å². The molecule has 1 N–H and O–H groups in total. The summed E-state index contributed by atoms with van der Waals surface area (Å²) in [7, 11) is 1.37. The molecule has 0 aliphatic carbocycles. The molecule has 3 rings (SSSR count). The Morgan fingerprint density at radius 2 is 1.60 bits per heavy atom. The summed E-state index contributed by atoms with van der Waals surface area (Å²) in [5.41, 5.74) is 0.294. The lowest BCUT2D eigenvalue weighted by molar-refractivity contribution is -0.385. The first-order chi connectivity index (χ1) is 14.5. The highest BCUT2D eigenvalue weighted by molar-refractivity contribution is 6.15. The molecule has 0 fully saturated rings. The van der Waals surface area contributed by atoms with Gasteiger partial charge in [-0.05, 0) is 48.0 Å². The number of hydrogen-bond donors (Lipinski definition) is 1. The van der Waals surface area contributed by atoms with Gasteiger partial charge in [-0.3, -0.25) is 10.1 Å². The molecular formula is C22H17NO7. The Kier molecular flexibility index (Phi) is 6.29. The number of para-hydroxylation sites is 2. The van der Waals surface area contributed by atoms with Crippen LogP contribution in [0.15, 0.2) is 79.1 Å². The van der Waals surface area contributed by atoms with E-state index in [0.717, 1.165) is 6.26 Å². The summed E-state index contributed by atoms with van der Waals surface area (Å²) < 4.78 is 16.2. The summed E-state index contributed by atoms with van der Waals surface area (Å²) >= 11 is 0. The first kappa shape index (κ1) is 20.4. The van der Waals surface area contributed by atoms with Gasteiger partial charge in [0.2, 0.25) is 5.75 Å². The molecule has 0 radical (unpaired) electrons. The van der Waals surface area contributed by atoms with E-state index in [-0.39, 0.29) is 17.0 Å². The van der Waals surface area contributed by atoms with Crippen molar-refractivity contribution >= 4 is 17.2 Å². The zero-order valence-electron chi connectivity index (χ0n) is 15.8. The zero-order chi connectivity index (χ0) is 21.5. The van der Waals surface area contributed by atoms with Crippen molar-refractivity contribution in [1.29, 1.82) is 0 Å². The third kappa shape index (κ3) is 4.93. The fourth-order valence-electron chi connectivity index (χ4n) is 2.62. The van der Waals surface area contributed by atoms with Crippen molar-refractivity contribution in [2.24, 2.45) is 0 Å². The number of hydrogen-bond acceptors (Lipinski definition) is 6. The number of carbonyl (C=O) groups is 1. The summed E-state index contributed by atoms with van der Waals surface area (Å²) in [6.45, 7) is 0. The summed E-state index contributed by atoms with van der Waals surface area (Å²) in [6.07, 6.45) is 1.15. The minimum Gasteiger partial charge on any atom is -0.503 e. The van der Waals surface area contributed by atoms with Gasteiger partial charge in [-0.25, -0.2) is 4.79 Å². The standard InChI is InChI=1S/C22H17NO7/c1-28-14-19(22(24)25)15-5-4-6-18(13-15)29-16-9-11-17(12-10-16)30-21-8-3-2-7-20(21)23(26)27/h2-14H,1H3,(H,24,25). The van der Waals surface area contributed by atoms with Crippen LogP contribution < -0.4 is 9.47 Å². The molecule has 0 aliphatic heterocycles. The van der Waals surface area contributed by atoms with Crippen LogP contribution in [-0.4, -0.2) is 23.1 Å². The minimum atomic E-state index is -1.12. The molecule has 3 aromatic rings. The molecule has 0 saturated heterocycles. The molecule has 0 bridgehead atoms. The summed E-state index contributed by atoms with van der Waals surface area (Å²) in [5, 5.41) is 20.4. The number of nitro benzene ring substituents is 1. The molecule has 30 heavy (non-hydrogen) atoms. The van der Waals surface area contributed by atoms with Crippen LogP contribution in [0.3, 0.4) is 0 Å². The molecule has 0 saturated carbocycles. The van der Waals surface area contributed by atoms with Crippen LogP contribution in [0.5, 0.6) is 23.0 Å². The SMILES string of the molecule is COC=C(C(=O)O)c1cccc(Oc2ccc(Oc3ccccc3[N+](=O)[O-])cc2)c1. The Labute approximate surface area is 171 Å². The predicted molar refractivity (Wildman–Crippen MR) is 109 cm³/mol. The molecule has 152 valence electrons. The lowest BCUT2D eigenvalue weighted by atomic mass is 10.1. The van der Waals surface area contributed by atoms with Crippen LogP contribution in [0.25, 0.3) is 5.57 Å². The third-order valence-corrected chi connectivity index (χ3v) is 3.96. The number of nitro groups is 1. The van der Waals surface area contributed by atoms with Crippen LogP contribution in [0.2, 0.25) is 0 Å². The Morgan fingerprint density at radius 1 is 0.933 bits per heavy atom. The number of nitrogens with zero attached hydrogens (tertiary/aromatic N) is 1. The van der Waals surface area contributed by atoms with E-state index in [4.69, 9.17) is 14.2 Å². The van der Waals surface area contributed by atoms with Crippen molar-refractivity contribution in [2.75, 3.05) is 7.11 Å². The molecule has 0 aliphatic rings. The van der Waals surface area contributed by atoms with Crippen LogP contribution in [0.4, 0.5) is 5.69 Å². The van der Waals surface area contributed by atoms with Gasteiger partial charge in [0.25, 0.3) is 0 Å². The molecule has 8 heteroatoms. The topological polar surface area (TPSA) is 108 Å². The Bertz CT molecular complexity index is 1090. The average Bonchev–Trinajstić information content (AvgIpc) is 2.73. The van der Waals surface area contributed by atoms with Gasteiger partial charge in [0.15, 0.2) is 0 Å². The Morgan fingerprint density at radius 3 is 2.23 bits per heavy atom. The molecule has 0 aromatic heterocycles. The number of rotatable bonds is 8. The van der Waals surface area contributed by atoms with Crippen molar-refractivity contribution in [2.45, 2.75) is 0 Å². The van der Waals surface area contributed by atoms with Gasteiger partial charge in [-0.1, -0.05) is 24.3 Å². The van der Waals surface area contributed by atoms with Crippen molar-refractivity contribution in [3.8, 4) is 23.0 Å². The highest BCUT2D eigenvalue weighted by Crippen LogP contribution is 2.32. The van der Waals surface area contributed by atoms with Crippen molar-refractivity contribution in [3.05, 3.63) is 94.7 Å². The second kappa shape index (κ2) is 9.24. The number of aliphatic carboxylic acids is 1. The number of carboxylic acids is 1. The maximum Gasteiger partial charge on any atom is 0.339 e. The molecule has 3 aromatic carbocycles. The first-order valence-electron chi connectivity index (χ1n) is 8.74. The molecule has 0 spiro atoms. The van der Waals surface area contributed by atoms with Crippen molar-refractivity contribution < 1.29 is 29.0 Å². The lowest BCUT2D eigenvalue weighted by Gasteiger charge is -2.10. The second-order valence-electron chi connectivity index (χ2n) is 6.00. The van der Waals surface area contributed by atoms with E-state index in [1.165, 1.54) is 19.2 Å². The fraction of sp³-hybridized carbons (Fsp3) is 0.0455. The van der Waals surface area contributed by atoms with E-state index < -0.39 is 10.9 Å².